The molecule has 6 heteroatoms. The first kappa shape index (κ1) is 24.1. The molecule has 0 aromatic heterocycles. The lowest BCUT2D eigenvalue weighted by Crippen LogP contribution is -3.61. The van der Waals surface area contributed by atoms with Crippen molar-refractivity contribution < 1.29 is 38.4 Å². The number of hydrogen-bond donors (Lipinski definition) is 0. The molecule has 0 N–H and O–H groups in total. The average Bonchev–Trinajstić information content (AvgIpc) is 2.54. The fourth-order valence-corrected chi connectivity index (χ4v) is 4.31. The standard InChI is InChI=1S/C20H26I.CH4O4S/c1-19(2,3)15-7-11-17(12-8-15)21-18-13-9-16(10-14-18)20(4,5)6;1-5-6(2,3)4/h7-14H,1-6H3;1H3,(H,2,3,4)/q+1;/p-1. The molecule has 0 aliphatic rings. The van der Waals surface area contributed by atoms with Gasteiger partial charge in [0, 0.05) is 0 Å². The molecule has 150 valence electrons. The lowest BCUT2D eigenvalue weighted by molar-refractivity contribution is -0.597. The van der Waals surface area contributed by atoms with E-state index in [1.807, 2.05) is 0 Å². The van der Waals surface area contributed by atoms with Crippen LogP contribution in [0, 0.1) is 7.14 Å². The van der Waals surface area contributed by atoms with Crippen molar-refractivity contribution in [3.05, 3.63) is 66.8 Å². The van der Waals surface area contributed by atoms with Gasteiger partial charge in [0.05, 0.1) is 7.11 Å². The van der Waals surface area contributed by atoms with Crippen molar-refractivity contribution in [2.45, 2.75) is 52.4 Å². The second-order valence-corrected chi connectivity index (χ2v) is 12.4. The van der Waals surface area contributed by atoms with Gasteiger partial charge in [-0.1, -0.05) is 65.8 Å². The van der Waals surface area contributed by atoms with Crippen LogP contribution in [0.4, 0.5) is 0 Å². The van der Waals surface area contributed by atoms with Gasteiger partial charge in [0.2, 0.25) is 10.4 Å². The Morgan fingerprint density at radius 1 is 0.741 bits per heavy atom. The summed E-state index contributed by atoms with van der Waals surface area (Å²) in [5.74, 6) is 0. The minimum Gasteiger partial charge on any atom is -0.726 e. The van der Waals surface area contributed by atoms with E-state index in [4.69, 9.17) is 0 Å². The van der Waals surface area contributed by atoms with E-state index in [9.17, 15) is 13.0 Å². The van der Waals surface area contributed by atoms with Gasteiger partial charge in [-0.05, 0) is 46.2 Å². The maximum absolute atomic E-state index is 9.22. The average molecular weight is 504 g/mol. The molecule has 4 nitrogen and oxygen atoms in total. The predicted molar refractivity (Wildman–Crippen MR) is 104 cm³/mol. The van der Waals surface area contributed by atoms with Crippen LogP contribution in [0.5, 0.6) is 0 Å². The normalized spacial score (nSPS) is 12.3. The van der Waals surface area contributed by atoms with Crippen LogP contribution in [0.15, 0.2) is 48.5 Å². The zero-order valence-electron chi connectivity index (χ0n) is 17.0. The molecule has 2 aromatic carbocycles. The molecular weight excluding hydrogens is 475 g/mol. The van der Waals surface area contributed by atoms with E-state index in [-0.39, 0.29) is 32.0 Å². The second kappa shape index (κ2) is 9.49. The molecule has 0 bridgehead atoms. The van der Waals surface area contributed by atoms with Crippen molar-refractivity contribution in [2.75, 3.05) is 7.11 Å². The molecule has 0 aliphatic carbocycles. The number of halogens is 1. The Hall–Kier alpha value is -0.960. The highest BCUT2D eigenvalue weighted by Gasteiger charge is 2.20. The maximum atomic E-state index is 9.22. The highest BCUT2D eigenvalue weighted by molar-refractivity contribution is 7.80. The van der Waals surface area contributed by atoms with Crippen LogP contribution >= 0.6 is 0 Å². The molecule has 0 unspecified atom stereocenters. The minimum absolute atomic E-state index is 0.0703. The highest BCUT2D eigenvalue weighted by Crippen LogP contribution is 2.21. The van der Waals surface area contributed by atoms with Gasteiger partial charge >= 0.3 is 21.2 Å². The monoisotopic (exact) mass is 504 g/mol. The summed E-state index contributed by atoms with van der Waals surface area (Å²) in [4.78, 5) is 0. The lowest BCUT2D eigenvalue weighted by Gasteiger charge is -2.18. The molecule has 0 atom stereocenters. The molecule has 0 heterocycles. The van der Waals surface area contributed by atoms with Crippen molar-refractivity contribution in [1.82, 2.24) is 0 Å². The fraction of sp³-hybridized carbons (Fsp3) is 0.429. The third-order valence-electron chi connectivity index (χ3n) is 3.84. The number of benzene rings is 2. The Labute approximate surface area is 174 Å². The Morgan fingerprint density at radius 2 is 1.00 bits per heavy atom. The summed E-state index contributed by atoms with van der Waals surface area (Å²) in [5.41, 5.74) is 3.31. The van der Waals surface area contributed by atoms with Gasteiger partial charge in [-0.25, -0.2) is 8.42 Å². The van der Waals surface area contributed by atoms with E-state index in [0.29, 0.717) is 0 Å². The first-order chi connectivity index (χ1) is 12.2. The van der Waals surface area contributed by atoms with Crippen LogP contribution in [-0.2, 0) is 25.4 Å². The van der Waals surface area contributed by atoms with Crippen LogP contribution in [0.25, 0.3) is 0 Å². The van der Waals surface area contributed by atoms with Gasteiger partial charge in [0.15, 0.2) is 7.14 Å². The first-order valence-electron chi connectivity index (χ1n) is 8.60. The van der Waals surface area contributed by atoms with Gasteiger partial charge in [0.25, 0.3) is 0 Å². The van der Waals surface area contributed by atoms with Crippen molar-refractivity contribution >= 4 is 10.4 Å². The molecule has 0 saturated carbocycles. The molecule has 0 spiro atoms. The summed E-state index contributed by atoms with van der Waals surface area (Å²) in [6, 6.07) is 18.4. The van der Waals surface area contributed by atoms with Crippen LogP contribution < -0.4 is 21.2 Å². The van der Waals surface area contributed by atoms with E-state index in [1.54, 1.807) is 0 Å². The zero-order valence-corrected chi connectivity index (χ0v) is 20.0. The minimum atomic E-state index is -4.41. The zero-order chi connectivity index (χ0) is 20.9. The van der Waals surface area contributed by atoms with E-state index in [0.717, 1.165) is 7.11 Å². The van der Waals surface area contributed by atoms with Crippen LogP contribution in [-0.4, -0.2) is 20.1 Å². The predicted octanol–water partition coefficient (Wildman–Crippen LogP) is 1.50. The third-order valence-corrected chi connectivity index (χ3v) is 6.94. The Kier molecular flexibility index (Phi) is 8.47. The molecule has 27 heavy (non-hydrogen) atoms. The summed E-state index contributed by atoms with van der Waals surface area (Å²) in [6.45, 7) is 13.6. The largest absolute Gasteiger partial charge is 0.726 e. The van der Waals surface area contributed by atoms with Gasteiger partial charge in [-0.3, -0.25) is 4.18 Å². The quantitative estimate of drug-likeness (QED) is 0.361. The molecular formula is C21H29IO4S. The summed E-state index contributed by atoms with van der Waals surface area (Å²) < 4.78 is 34.0. The molecule has 0 radical (unpaired) electrons. The van der Waals surface area contributed by atoms with Gasteiger partial charge < -0.3 is 4.55 Å². The van der Waals surface area contributed by atoms with E-state index >= 15 is 0 Å². The smallest absolute Gasteiger partial charge is 0.357 e. The fourth-order valence-electron chi connectivity index (χ4n) is 2.15. The molecule has 0 aliphatic heterocycles. The van der Waals surface area contributed by atoms with Crippen molar-refractivity contribution in [2.24, 2.45) is 0 Å². The first-order valence-corrected chi connectivity index (χ1v) is 12.1. The second-order valence-electron chi connectivity index (χ2n) is 8.18. The lowest BCUT2D eigenvalue weighted by atomic mass is 9.87. The van der Waals surface area contributed by atoms with E-state index in [1.165, 1.54) is 18.3 Å². The molecule has 0 saturated heterocycles. The van der Waals surface area contributed by atoms with Crippen molar-refractivity contribution in [3.8, 4) is 0 Å². The molecule has 2 rings (SSSR count). The highest BCUT2D eigenvalue weighted by atomic mass is 127. The summed E-state index contributed by atoms with van der Waals surface area (Å²) >= 11 is -0.0703. The molecule has 0 amide bonds. The number of hydrogen-bond acceptors (Lipinski definition) is 4. The molecule has 0 fully saturated rings. The van der Waals surface area contributed by atoms with Crippen LogP contribution in [0.3, 0.4) is 0 Å². The topological polar surface area (TPSA) is 66.4 Å². The SMILES string of the molecule is CC(C)(C)c1ccc([I+]c2ccc(C(C)(C)C)cc2)cc1.COS(=O)(=O)[O-]. The van der Waals surface area contributed by atoms with Crippen LogP contribution in [0.2, 0.25) is 0 Å². The van der Waals surface area contributed by atoms with Crippen LogP contribution in [0.1, 0.15) is 52.7 Å². The van der Waals surface area contributed by atoms with Gasteiger partial charge in [0.1, 0.15) is 0 Å². The Morgan fingerprint density at radius 3 is 1.19 bits per heavy atom. The van der Waals surface area contributed by atoms with Crippen molar-refractivity contribution in [1.29, 1.82) is 0 Å². The molecule has 2 aromatic rings. The summed E-state index contributed by atoms with van der Waals surface area (Å²) in [6.07, 6.45) is 0. The maximum Gasteiger partial charge on any atom is 0.357 e. The number of rotatable bonds is 3. The third kappa shape index (κ3) is 9.19. The van der Waals surface area contributed by atoms with Crippen molar-refractivity contribution in [3.63, 3.8) is 0 Å². The van der Waals surface area contributed by atoms with Gasteiger partial charge in [-0.15, -0.1) is 0 Å². The van der Waals surface area contributed by atoms with E-state index in [2.05, 4.69) is 94.3 Å². The van der Waals surface area contributed by atoms with E-state index < -0.39 is 10.4 Å². The summed E-state index contributed by atoms with van der Waals surface area (Å²) in [7, 11) is -3.60. The Balaban J connectivity index is 0.000000527. The van der Waals surface area contributed by atoms with Gasteiger partial charge in [-0.2, -0.15) is 0 Å². The summed E-state index contributed by atoms with van der Waals surface area (Å²) in [5, 5.41) is 0. The Bertz CT molecular complexity index is 757.